The third kappa shape index (κ3) is 7.06. The largest absolute Gasteiger partial charge is 0.516 e. The van der Waals surface area contributed by atoms with Crippen LogP contribution < -0.4 is 16.0 Å². The zero-order chi connectivity index (χ0) is 33.0. The van der Waals surface area contributed by atoms with E-state index >= 15 is 0 Å². The summed E-state index contributed by atoms with van der Waals surface area (Å²) in [5.41, 5.74) is 6.86. The molecule has 4 heterocycles. The van der Waals surface area contributed by atoms with E-state index in [-0.39, 0.29) is 55.4 Å². The molecule has 0 bridgehead atoms. The van der Waals surface area contributed by atoms with Crippen molar-refractivity contribution < 1.29 is 34.5 Å². The minimum absolute atomic E-state index is 0.0120. The van der Waals surface area contributed by atoms with E-state index in [0.29, 0.717) is 29.1 Å². The average Bonchev–Trinajstić information content (AvgIpc) is 3.66. The number of amides is 2. The van der Waals surface area contributed by atoms with Gasteiger partial charge in [0.05, 0.1) is 24.1 Å². The Morgan fingerprint density at radius 3 is 2.24 bits per heavy atom. The second kappa shape index (κ2) is 14.3. The monoisotopic (exact) mass is 638 g/mol. The second-order valence-corrected chi connectivity index (χ2v) is 12.2. The molecule has 11 nitrogen and oxygen atoms in total. The lowest BCUT2D eigenvalue weighted by Gasteiger charge is -2.20. The number of aliphatic carboxylic acids is 2. The van der Waals surface area contributed by atoms with Gasteiger partial charge in [-0.3, -0.25) is 19.2 Å². The Bertz CT molecular complexity index is 1520. The number of aliphatic hydroxyl groups is 1. The van der Waals surface area contributed by atoms with Gasteiger partial charge in [0.2, 0.25) is 11.8 Å². The fraction of sp³-hybridized carbons (Fsp3) is 0.455. The Morgan fingerprint density at radius 1 is 0.956 bits per heavy atom. The third-order valence-corrected chi connectivity index (χ3v) is 9.61. The van der Waals surface area contributed by atoms with Crippen LogP contribution in [0, 0.1) is 24.7 Å². The molecule has 0 radical (unpaired) electrons. The van der Waals surface area contributed by atoms with E-state index in [1.165, 1.54) is 6.08 Å². The predicted octanol–water partition coefficient (Wildman–Crippen LogP) is 4.01. The molecule has 0 aliphatic carbocycles. The van der Waals surface area contributed by atoms with Crippen molar-refractivity contribution in [3.05, 3.63) is 69.5 Å². The zero-order valence-electron chi connectivity index (χ0n) is 25.8. The van der Waals surface area contributed by atoms with Gasteiger partial charge in [-0.05, 0) is 74.0 Å². The molecule has 7 N–H and O–H groups in total. The van der Waals surface area contributed by atoms with Gasteiger partial charge in [-0.15, -0.1) is 6.58 Å². The van der Waals surface area contributed by atoms with Crippen molar-refractivity contribution in [2.24, 2.45) is 17.8 Å². The van der Waals surface area contributed by atoms with Crippen LogP contribution in [-0.2, 0) is 25.6 Å². The number of aliphatic hydroxyl groups excluding tert-OH is 1. The van der Waals surface area contributed by atoms with Crippen molar-refractivity contribution in [3.63, 3.8) is 0 Å². The Hall–Kier alpha value is -4.19. The molecule has 3 aliphatic rings. The topological polar surface area (TPSA) is 181 Å². The molecule has 0 saturated carbocycles. The lowest BCUT2D eigenvalue weighted by atomic mass is 9.91. The van der Waals surface area contributed by atoms with Gasteiger partial charge in [0, 0.05) is 58.9 Å². The maximum absolute atomic E-state index is 12.6. The lowest BCUT2D eigenvalue weighted by Crippen LogP contribution is -2.35. The number of hydrogen-bond donors (Lipinski definition) is 8. The standard InChI is InChI=1S/C33H42N4O7S/c1-5-18-23(15-45)33(44)36-26(18)11-24-16(3)20(7-9-30(39)40)27(34-24)13-28-21(8-10-31(41)42)17(4)25(35-28)12-29-22(14-38)19(6-2)32(43)37-29/h6,11,13-14,18-19,23,25,29,34-35,38,45H,2,5,7-10,12,15H2,1,3-4H3,(H,36,44)(H,37,43)(H,39,40)(H,41,42)/b22-14+,26-11-,28-13-/t18-,19?,23-,25?,29-/m1/s1. The van der Waals surface area contributed by atoms with Crippen LogP contribution in [0.1, 0.15) is 68.5 Å². The van der Waals surface area contributed by atoms with Crippen molar-refractivity contribution >= 4 is 48.5 Å². The number of hydrogen-bond acceptors (Lipinski definition) is 7. The van der Waals surface area contributed by atoms with Crippen LogP contribution in [0.3, 0.4) is 0 Å². The summed E-state index contributed by atoms with van der Waals surface area (Å²) in [4.78, 5) is 51.6. The minimum atomic E-state index is -0.934. The normalized spacial score (nSPS) is 27.4. The van der Waals surface area contributed by atoms with E-state index in [2.05, 4.69) is 40.1 Å². The predicted molar refractivity (Wildman–Crippen MR) is 174 cm³/mol. The first-order chi connectivity index (χ1) is 21.4. The van der Waals surface area contributed by atoms with Crippen molar-refractivity contribution in [1.82, 2.24) is 20.9 Å². The van der Waals surface area contributed by atoms with E-state index in [0.717, 1.165) is 46.3 Å². The molecule has 2 saturated heterocycles. The SMILES string of the molecule is C=CC1C(=O)N[C@H](CC2N/C(=C\c3[nH]c(/C=C4\NC(=O)[C@H](CS)[C@H]4CC)c(C)c3CCC(=O)O)C(CCC(=O)O)=C2C)/C1=C/O. The Balaban J connectivity index is 1.74. The number of H-pyrrole nitrogens is 1. The van der Waals surface area contributed by atoms with Gasteiger partial charge in [0.25, 0.3) is 0 Å². The number of allylic oxidation sites excluding steroid dienone is 2. The number of aromatic amines is 1. The summed E-state index contributed by atoms with van der Waals surface area (Å²) in [5.74, 6) is -2.61. The summed E-state index contributed by atoms with van der Waals surface area (Å²) in [5, 5.41) is 38.2. The number of carbonyl (C=O) groups excluding carboxylic acids is 2. The first kappa shape index (κ1) is 33.7. The molecule has 1 aromatic rings. The molecule has 3 aliphatic heterocycles. The minimum Gasteiger partial charge on any atom is -0.516 e. The molecule has 0 aromatic carbocycles. The third-order valence-electron chi connectivity index (χ3n) is 9.21. The van der Waals surface area contributed by atoms with Crippen molar-refractivity contribution in [1.29, 1.82) is 0 Å². The summed E-state index contributed by atoms with van der Waals surface area (Å²) in [6.07, 6.45) is 7.77. The maximum atomic E-state index is 12.6. The number of aromatic nitrogens is 1. The number of carboxylic acids is 2. The summed E-state index contributed by atoms with van der Waals surface area (Å²) < 4.78 is 0. The molecular weight excluding hydrogens is 596 g/mol. The highest BCUT2D eigenvalue weighted by molar-refractivity contribution is 7.80. The van der Waals surface area contributed by atoms with Crippen LogP contribution in [0.5, 0.6) is 0 Å². The van der Waals surface area contributed by atoms with Gasteiger partial charge in [-0.25, -0.2) is 0 Å². The van der Waals surface area contributed by atoms with Crippen LogP contribution >= 0.6 is 12.6 Å². The van der Waals surface area contributed by atoms with Crippen molar-refractivity contribution in [2.75, 3.05) is 5.75 Å². The van der Waals surface area contributed by atoms with Gasteiger partial charge in [-0.2, -0.15) is 12.6 Å². The highest BCUT2D eigenvalue weighted by atomic mass is 32.1. The molecule has 5 atom stereocenters. The quantitative estimate of drug-likeness (QED) is 0.0906. The Kier molecular flexibility index (Phi) is 10.7. The fourth-order valence-electron chi connectivity index (χ4n) is 6.68. The smallest absolute Gasteiger partial charge is 0.303 e. The number of nitrogens with one attached hydrogen (secondary N) is 4. The van der Waals surface area contributed by atoms with Crippen LogP contribution in [0.4, 0.5) is 0 Å². The number of carboxylic acid groups (broad SMARTS) is 2. The molecule has 242 valence electrons. The van der Waals surface area contributed by atoms with Gasteiger partial charge in [-0.1, -0.05) is 13.0 Å². The molecule has 2 unspecified atom stereocenters. The summed E-state index contributed by atoms with van der Waals surface area (Å²) in [6, 6.07) is -0.703. The number of carbonyl (C=O) groups is 4. The Morgan fingerprint density at radius 2 is 1.64 bits per heavy atom. The van der Waals surface area contributed by atoms with E-state index in [9.17, 15) is 34.5 Å². The molecule has 45 heavy (non-hydrogen) atoms. The first-order valence-electron chi connectivity index (χ1n) is 15.2. The molecule has 1 aromatic heterocycles. The lowest BCUT2D eigenvalue weighted by molar-refractivity contribution is -0.138. The van der Waals surface area contributed by atoms with Gasteiger partial charge in [0.15, 0.2) is 0 Å². The maximum Gasteiger partial charge on any atom is 0.303 e. The highest BCUT2D eigenvalue weighted by Gasteiger charge is 2.39. The number of thiol groups is 1. The van der Waals surface area contributed by atoms with E-state index in [4.69, 9.17) is 0 Å². The van der Waals surface area contributed by atoms with Gasteiger partial charge in [0.1, 0.15) is 0 Å². The van der Waals surface area contributed by atoms with Crippen LogP contribution in [0.15, 0.2) is 47.0 Å². The summed E-state index contributed by atoms with van der Waals surface area (Å²) in [7, 11) is 0. The average molecular weight is 639 g/mol. The van der Waals surface area contributed by atoms with Crippen LogP contribution in [0.25, 0.3) is 12.2 Å². The molecule has 0 spiro atoms. The first-order valence-corrected chi connectivity index (χ1v) is 15.8. The summed E-state index contributed by atoms with van der Waals surface area (Å²) >= 11 is 4.37. The Labute approximate surface area is 268 Å². The van der Waals surface area contributed by atoms with Crippen LogP contribution in [-0.4, -0.2) is 61.9 Å². The van der Waals surface area contributed by atoms with Gasteiger partial charge >= 0.3 is 11.9 Å². The summed E-state index contributed by atoms with van der Waals surface area (Å²) in [6.45, 7) is 9.57. The fourth-order valence-corrected chi connectivity index (χ4v) is 7.10. The van der Waals surface area contributed by atoms with Crippen LogP contribution in [0.2, 0.25) is 0 Å². The molecule has 12 heteroatoms. The molecule has 4 rings (SSSR count). The van der Waals surface area contributed by atoms with Gasteiger partial charge < -0.3 is 36.3 Å². The highest BCUT2D eigenvalue weighted by Crippen LogP contribution is 2.37. The van der Waals surface area contributed by atoms with E-state index < -0.39 is 23.9 Å². The zero-order valence-corrected chi connectivity index (χ0v) is 26.7. The van der Waals surface area contributed by atoms with E-state index in [1.807, 2.05) is 32.9 Å². The van der Waals surface area contributed by atoms with Crippen molar-refractivity contribution in [2.45, 2.75) is 71.4 Å². The molecule has 2 amide bonds. The van der Waals surface area contributed by atoms with Crippen molar-refractivity contribution in [3.8, 4) is 0 Å². The molecular formula is C33H42N4O7S. The van der Waals surface area contributed by atoms with E-state index in [1.54, 1.807) is 0 Å². The second-order valence-electron chi connectivity index (χ2n) is 11.8. The molecule has 2 fully saturated rings. The number of rotatable bonds is 13.